The molecule has 0 aromatic carbocycles. The van der Waals surface area contributed by atoms with Crippen molar-refractivity contribution < 1.29 is 9.90 Å². The topological polar surface area (TPSA) is 66.0 Å². The van der Waals surface area contributed by atoms with E-state index >= 15 is 0 Å². The van der Waals surface area contributed by atoms with Crippen molar-refractivity contribution >= 4 is 28.6 Å². The van der Waals surface area contributed by atoms with Gasteiger partial charge in [-0.1, -0.05) is 20.8 Å². The van der Waals surface area contributed by atoms with E-state index in [1.54, 1.807) is 0 Å². The molecule has 0 saturated heterocycles. The fraction of sp³-hybridized carbons (Fsp3) is 0.500. The van der Waals surface area contributed by atoms with Gasteiger partial charge < -0.3 is 5.11 Å². The highest BCUT2D eigenvalue weighted by molar-refractivity contribution is 14.1. The number of hydrogen-bond donors (Lipinski definition) is 2. The zero-order valence-electron chi connectivity index (χ0n) is 7.68. The number of aromatic nitrogens is 2. The monoisotopic (exact) mass is 294 g/mol. The van der Waals surface area contributed by atoms with Crippen LogP contribution in [-0.4, -0.2) is 21.3 Å². The average molecular weight is 294 g/mol. The van der Waals surface area contributed by atoms with E-state index in [0.29, 0.717) is 3.57 Å². The molecule has 13 heavy (non-hydrogen) atoms. The molecule has 0 spiro atoms. The molecule has 4 nitrogen and oxygen atoms in total. The van der Waals surface area contributed by atoms with Crippen molar-refractivity contribution in [3.63, 3.8) is 0 Å². The third-order valence-electron chi connectivity index (χ3n) is 1.66. The molecule has 0 aliphatic rings. The zero-order valence-corrected chi connectivity index (χ0v) is 9.84. The second-order valence-corrected chi connectivity index (χ2v) is 4.90. The molecule has 0 aliphatic heterocycles. The van der Waals surface area contributed by atoms with E-state index in [0.717, 1.165) is 5.69 Å². The highest BCUT2D eigenvalue weighted by Crippen LogP contribution is 2.26. The number of halogens is 1. The Labute approximate surface area is 89.9 Å². The number of nitrogens with zero attached hydrogens (tertiary/aromatic N) is 1. The van der Waals surface area contributed by atoms with Crippen molar-refractivity contribution in [2.75, 3.05) is 0 Å². The van der Waals surface area contributed by atoms with Crippen LogP contribution < -0.4 is 0 Å². The zero-order chi connectivity index (χ0) is 10.2. The Balaban J connectivity index is 3.22. The Hall–Kier alpha value is -0.590. The first-order chi connectivity index (χ1) is 5.84. The van der Waals surface area contributed by atoms with Gasteiger partial charge in [0.1, 0.15) is 0 Å². The third kappa shape index (κ3) is 2.01. The van der Waals surface area contributed by atoms with E-state index < -0.39 is 5.97 Å². The van der Waals surface area contributed by atoms with Gasteiger partial charge in [0.05, 0.1) is 9.26 Å². The molecule has 0 fully saturated rings. The molecule has 0 amide bonds. The van der Waals surface area contributed by atoms with Crippen LogP contribution in [0, 0.1) is 3.57 Å². The van der Waals surface area contributed by atoms with Crippen LogP contribution >= 0.6 is 22.6 Å². The van der Waals surface area contributed by atoms with Gasteiger partial charge in [-0.25, -0.2) is 4.79 Å². The maximum atomic E-state index is 10.7. The Morgan fingerprint density at radius 3 is 2.31 bits per heavy atom. The molecule has 0 saturated carbocycles. The van der Waals surface area contributed by atoms with Crippen LogP contribution in [0.5, 0.6) is 0 Å². The number of carboxylic acids is 1. The normalized spacial score (nSPS) is 11.7. The SMILES string of the molecule is CC(C)(C)c1[nH]nc(C(=O)O)c1I. The van der Waals surface area contributed by atoms with Crippen LogP contribution in [0.4, 0.5) is 0 Å². The van der Waals surface area contributed by atoms with Crippen LogP contribution in [0.3, 0.4) is 0 Å². The van der Waals surface area contributed by atoms with Gasteiger partial charge in [0, 0.05) is 5.41 Å². The molecule has 72 valence electrons. The Morgan fingerprint density at radius 1 is 1.54 bits per heavy atom. The van der Waals surface area contributed by atoms with Crippen molar-refractivity contribution in [1.29, 1.82) is 0 Å². The number of carbonyl (C=O) groups is 1. The van der Waals surface area contributed by atoms with Gasteiger partial charge in [-0.2, -0.15) is 5.10 Å². The maximum Gasteiger partial charge on any atom is 0.357 e. The lowest BCUT2D eigenvalue weighted by atomic mass is 9.92. The lowest BCUT2D eigenvalue weighted by molar-refractivity contribution is 0.0689. The van der Waals surface area contributed by atoms with E-state index in [4.69, 9.17) is 5.11 Å². The standard InChI is InChI=1S/C8H11IN2O2/c1-8(2,3)6-4(9)5(7(12)13)10-11-6/h1-3H3,(H,10,11)(H,12,13). The summed E-state index contributed by atoms with van der Waals surface area (Å²) in [5.74, 6) is -0.990. The van der Waals surface area contributed by atoms with E-state index in [9.17, 15) is 4.79 Å². The van der Waals surface area contributed by atoms with Crippen LogP contribution in [0.2, 0.25) is 0 Å². The fourth-order valence-electron chi connectivity index (χ4n) is 0.967. The number of H-pyrrole nitrogens is 1. The fourth-order valence-corrected chi connectivity index (χ4v) is 2.25. The summed E-state index contributed by atoms with van der Waals surface area (Å²) in [5, 5.41) is 15.3. The van der Waals surface area contributed by atoms with Gasteiger partial charge in [-0.15, -0.1) is 0 Å². The summed E-state index contributed by atoms with van der Waals surface area (Å²) in [7, 11) is 0. The molecule has 5 heteroatoms. The summed E-state index contributed by atoms with van der Waals surface area (Å²) in [4.78, 5) is 10.7. The molecule has 0 unspecified atom stereocenters. The molecule has 2 N–H and O–H groups in total. The predicted octanol–water partition coefficient (Wildman–Crippen LogP) is 2.01. The molecule has 1 aromatic heterocycles. The lowest BCUT2D eigenvalue weighted by Crippen LogP contribution is -2.13. The minimum Gasteiger partial charge on any atom is -0.476 e. The highest BCUT2D eigenvalue weighted by atomic mass is 127. The van der Waals surface area contributed by atoms with Crippen LogP contribution in [0.15, 0.2) is 0 Å². The van der Waals surface area contributed by atoms with Crippen LogP contribution in [0.1, 0.15) is 37.0 Å². The number of rotatable bonds is 1. The van der Waals surface area contributed by atoms with Gasteiger partial charge in [-0.3, -0.25) is 5.10 Å². The summed E-state index contributed by atoms with van der Waals surface area (Å²) < 4.78 is 0.692. The summed E-state index contributed by atoms with van der Waals surface area (Å²) in [6.45, 7) is 6.02. The molecule has 0 bridgehead atoms. The summed E-state index contributed by atoms with van der Waals surface area (Å²) >= 11 is 2.00. The molecule has 0 aliphatic carbocycles. The molecule has 0 radical (unpaired) electrons. The van der Waals surface area contributed by atoms with Gasteiger partial charge in [0.2, 0.25) is 0 Å². The molecule has 0 atom stereocenters. The molecular weight excluding hydrogens is 283 g/mol. The van der Waals surface area contributed by atoms with Crippen molar-refractivity contribution in [2.24, 2.45) is 0 Å². The average Bonchev–Trinajstić information content (AvgIpc) is 2.28. The first-order valence-corrected chi connectivity index (χ1v) is 4.89. The second-order valence-electron chi connectivity index (χ2n) is 3.82. The van der Waals surface area contributed by atoms with E-state index in [-0.39, 0.29) is 11.1 Å². The predicted molar refractivity (Wildman–Crippen MR) is 57.0 cm³/mol. The Morgan fingerprint density at radius 2 is 2.08 bits per heavy atom. The van der Waals surface area contributed by atoms with Crippen LogP contribution in [0.25, 0.3) is 0 Å². The van der Waals surface area contributed by atoms with Crippen molar-refractivity contribution in [1.82, 2.24) is 10.2 Å². The van der Waals surface area contributed by atoms with Crippen molar-refractivity contribution in [2.45, 2.75) is 26.2 Å². The Kier molecular flexibility index (Phi) is 2.65. The number of nitrogens with one attached hydrogen (secondary N) is 1. The van der Waals surface area contributed by atoms with E-state index in [2.05, 4.69) is 10.2 Å². The number of aromatic carboxylic acids is 1. The molecular formula is C8H11IN2O2. The smallest absolute Gasteiger partial charge is 0.357 e. The van der Waals surface area contributed by atoms with Gasteiger partial charge in [0.25, 0.3) is 0 Å². The minimum atomic E-state index is -0.990. The first kappa shape index (κ1) is 10.5. The van der Waals surface area contributed by atoms with Crippen molar-refractivity contribution in [3.8, 4) is 0 Å². The summed E-state index contributed by atoms with van der Waals surface area (Å²) in [5.41, 5.74) is 0.869. The maximum absolute atomic E-state index is 10.7. The van der Waals surface area contributed by atoms with Gasteiger partial charge in [-0.05, 0) is 22.6 Å². The highest BCUT2D eigenvalue weighted by Gasteiger charge is 2.24. The summed E-state index contributed by atoms with van der Waals surface area (Å²) in [6, 6.07) is 0. The number of aromatic amines is 1. The first-order valence-electron chi connectivity index (χ1n) is 3.81. The van der Waals surface area contributed by atoms with Gasteiger partial charge >= 0.3 is 5.97 Å². The lowest BCUT2D eigenvalue weighted by Gasteiger charge is -2.16. The largest absolute Gasteiger partial charge is 0.476 e. The molecule has 1 rings (SSSR count). The minimum absolute atomic E-state index is 0.1000. The van der Waals surface area contributed by atoms with E-state index in [1.165, 1.54) is 0 Å². The number of hydrogen-bond acceptors (Lipinski definition) is 2. The van der Waals surface area contributed by atoms with Crippen LogP contribution in [-0.2, 0) is 5.41 Å². The van der Waals surface area contributed by atoms with E-state index in [1.807, 2.05) is 43.4 Å². The second kappa shape index (κ2) is 3.28. The number of carboxylic acid groups (broad SMARTS) is 1. The quantitative estimate of drug-likeness (QED) is 0.779. The van der Waals surface area contributed by atoms with Crippen molar-refractivity contribution in [3.05, 3.63) is 15.0 Å². The third-order valence-corrected chi connectivity index (χ3v) is 2.71. The molecule has 1 aromatic rings. The Bertz CT molecular complexity index is 338. The summed E-state index contributed by atoms with van der Waals surface area (Å²) in [6.07, 6.45) is 0. The molecule has 1 heterocycles. The van der Waals surface area contributed by atoms with Gasteiger partial charge in [0.15, 0.2) is 5.69 Å².